The Bertz CT molecular complexity index is 670. The van der Waals surface area contributed by atoms with E-state index in [-0.39, 0.29) is 16.1 Å². The molecular formula is C29H49NOS. The number of phenolic OH excluding ortho intramolecular Hbond substituents is 1. The molecule has 0 heterocycles. The quantitative estimate of drug-likeness (QED) is 0.222. The zero-order valence-corrected chi connectivity index (χ0v) is 22.8. The zero-order valence-electron chi connectivity index (χ0n) is 22.0. The van der Waals surface area contributed by atoms with Crippen molar-refractivity contribution >= 4 is 11.8 Å². The largest absolute Gasteiger partial charge is 0.507 e. The lowest BCUT2D eigenvalue weighted by Gasteiger charge is -2.29. The van der Waals surface area contributed by atoms with Gasteiger partial charge in [-0.2, -0.15) is 5.26 Å². The molecule has 1 atom stereocenters. The smallest absolute Gasteiger partial charge is 0.133 e. The van der Waals surface area contributed by atoms with Crippen LogP contribution in [0.5, 0.6) is 5.75 Å². The van der Waals surface area contributed by atoms with Crippen LogP contribution in [0.25, 0.3) is 0 Å². The summed E-state index contributed by atoms with van der Waals surface area (Å²) in [6, 6.07) is 4.30. The number of thioether (sulfide) groups is 1. The first-order chi connectivity index (χ1) is 15.0. The first-order valence-corrected chi connectivity index (χ1v) is 13.8. The second kappa shape index (κ2) is 14.2. The Morgan fingerprint density at radius 2 is 1.19 bits per heavy atom. The third-order valence-electron chi connectivity index (χ3n) is 6.38. The van der Waals surface area contributed by atoms with E-state index in [4.69, 9.17) is 0 Å². The number of nitrogens with zero attached hydrogens (tertiary/aromatic N) is 1. The van der Waals surface area contributed by atoms with Gasteiger partial charge in [-0.25, -0.2) is 0 Å². The molecule has 0 bridgehead atoms. The molecule has 182 valence electrons. The summed E-state index contributed by atoms with van der Waals surface area (Å²) >= 11 is 1.38. The van der Waals surface area contributed by atoms with E-state index in [1.165, 1.54) is 81.5 Å². The average molecular weight is 460 g/mol. The number of benzene rings is 1. The minimum absolute atomic E-state index is 0.140. The molecule has 1 aromatic rings. The molecule has 1 unspecified atom stereocenters. The predicted molar refractivity (Wildman–Crippen MR) is 143 cm³/mol. The maximum atomic E-state index is 11.0. The van der Waals surface area contributed by atoms with Gasteiger partial charge in [0.05, 0.1) is 0 Å². The van der Waals surface area contributed by atoms with Crippen molar-refractivity contribution in [1.82, 2.24) is 0 Å². The van der Waals surface area contributed by atoms with Crippen molar-refractivity contribution in [2.45, 2.75) is 142 Å². The van der Waals surface area contributed by atoms with E-state index in [1.807, 2.05) is 0 Å². The predicted octanol–water partition coefficient (Wildman–Crippen LogP) is 9.94. The van der Waals surface area contributed by atoms with E-state index in [2.05, 4.69) is 66.0 Å². The first-order valence-electron chi connectivity index (χ1n) is 12.9. The second-order valence-electron chi connectivity index (χ2n) is 11.5. The molecule has 0 aromatic heterocycles. The molecule has 0 fully saturated rings. The van der Waals surface area contributed by atoms with Gasteiger partial charge in [-0.3, -0.25) is 0 Å². The fourth-order valence-corrected chi connectivity index (χ4v) is 5.02. The van der Waals surface area contributed by atoms with Gasteiger partial charge in [0, 0.05) is 5.25 Å². The Balaban J connectivity index is 2.69. The lowest BCUT2D eigenvalue weighted by Crippen LogP contribution is -2.18. The summed E-state index contributed by atoms with van der Waals surface area (Å²) < 4.78 is 0. The van der Waals surface area contributed by atoms with E-state index in [0.29, 0.717) is 5.75 Å². The Morgan fingerprint density at radius 3 is 1.56 bits per heavy atom. The highest BCUT2D eigenvalue weighted by atomic mass is 32.2. The number of nitriles is 1. The first kappa shape index (κ1) is 28.9. The van der Waals surface area contributed by atoms with Crippen molar-refractivity contribution in [2.75, 3.05) is 0 Å². The Kier molecular flexibility index (Phi) is 12.8. The molecule has 0 aliphatic carbocycles. The second-order valence-corrected chi connectivity index (χ2v) is 12.5. The van der Waals surface area contributed by atoms with Crippen molar-refractivity contribution in [3.05, 3.63) is 28.8 Å². The van der Waals surface area contributed by atoms with Crippen molar-refractivity contribution in [3.63, 3.8) is 0 Å². The molecule has 2 nitrogen and oxygen atoms in total. The number of thiocyanates is 1. The topological polar surface area (TPSA) is 44.0 Å². The summed E-state index contributed by atoms with van der Waals surface area (Å²) in [6.07, 6.45) is 15.7. The van der Waals surface area contributed by atoms with Gasteiger partial charge >= 0.3 is 0 Å². The van der Waals surface area contributed by atoms with Gasteiger partial charge in [0.1, 0.15) is 11.2 Å². The number of hydrogen-bond donors (Lipinski definition) is 1. The number of hydrogen-bond acceptors (Lipinski definition) is 3. The number of phenols is 1. The van der Waals surface area contributed by atoms with Crippen molar-refractivity contribution in [2.24, 2.45) is 0 Å². The fraction of sp³-hybridized carbons (Fsp3) is 0.759. The molecule has 0 saturated carbocycles. The van der Waals surface area contributed by atoms with Gasteiger partial charge in [-0.15, -0.1) is 0 Å². The zero-order chi connectivity index (χ0) is 24.2. The van der Waals surface area contributed by atoms with E-state index in [1.54, 1.807) is 0 Å². The van der Waals surface area contributed by atoms with E-state index >= 15 is 0 Å². The highest BCUT2D eigenvalue weighted by molar-refractivity contribution is 8.03. The van der Waals surface area contributed by atoms with Crippen LogP contribution >= 0.6 is 11.8 Å². The maximum Gasteiger partial charge on any atom is 0.133 e. The number of rotatable bonds is 14. The lowest BCUT2D eigenvalue weighted by atomic mass is 9.78. The minimum Gasteiger partial charge on any atom is -0.507 e. The molecule has 1 rings (SSSR count). The Labute approximate surface area is 203 Å². The van der Waals surface area contributed by atoms with Crippen LogP contribution in [0, 0.1) is 10.7 Å². The molecule has 0 amide bonds. The summed E-state index contributed by atoms with van der Waals surface area (Å²) in [7, 11) is 0. The van der Waals surface area contributed by atoms with Crippen LogP contribution in [0.1, 0.15) is 147 Å². The Hall–Kier alpha value is -1.14. The van der Waals surface area contributed by atoms with Gasteiger partial charge in [0.25, 0.3) is 0 Å². The van der Waals surface area contributed by atoms with E-state index in [9.17, 15) is 10.4 Å². The van der Waals surface area contributed by atoms with Crippen LogP contribution in [0.2, 0.25) is 0 Å². The van der Waals surface area contributed by atoms with Crippen molar-refractivity contribution in [1.29, 1.82) is 5.26 Å². The molecule has 0 spiro atoms. The highest BCUT2D eigenvalue weighted by Crippen LogP contribution is 2.44. The minimum atomic E-state index is -0.140. The summed E-state index contributed by atoms with van der Waals surface area (Å²) in [6.45, 7) is 15.2. The summed E-state index contributed by atoms with van der Waals surface area (Å²) in [5, 5.41) is 23.0. The van der Waals surface area contributed by atoms with Crippen LogP contribution in [-0.4, -0.2) is 5.11 Å². The Morgan fingerprint density at radius 1 is 0.781 bits per heavy atom. The SMILES string of the molecule is CCCCCCCCCCCCCC(SC#N)c1cc(C(C)(C)C)c(O)c(C(C)(C)C)c1. The van der Waals surface area contributed by atoms with Gasteiger partial charge < -0.3 is 5.11 Å². The van der Waals surface area contributed by atoms with Crippen LogP contribution in [0.4, 0.5) is 0 Å². The fourth-order valence-electron chi connectivity index (χ4n) is 4.34. The van der Waals surface area contributed by atoms with E-state index < -0.39 is 0 Å². The van der Waals surface area contributed by atoms with Crippen LogP contribution in [0.3, 0.4) is 0 Å². The van der Waals surface area contributed by atoms with Gasteiger partial charge in [-0.05, 0) is 45.7 Å². The maximum absolute atomic E-state index is 11.0. The summed E-state index contributed by atoms with van der Waals surface area (Å²) in [5.74, 6) is 0.421. The average Bonchev–Trinajstić information content (AvgIpc) is 2.69. The van der Waals surface area contributed by atoms with Crippen LogP contribution < -0.4 is 0 Å². The molecule has 0 radical (unpaired) electrons. The standard InChI is InChI=1S/C29H49NOS/c1-8-9-10-11-12-13-14-15-16-17-18-19-26(32-22-30)23-20-24(28(2,3)4)27(31)25(21-23)29(5,6)7/h20-21,26,31H,8-19H2,1-7H3. The third-order valence-corrected chi connectivity index (χ3v) is 7.28. The molecule has 0 aliphatic heterocycles. The van der Waals surface area contributed by atoms with Gasteiger partial charge in [-0.1, -0.05) is 131 Å². The molecule has 0 saturated heterocycles. The van der Waals surface area contributed by atoms with Crippen LogP contribution in [0.15, 0.2) is 12.1 Å². The van der Waals surface area contributed by atoms with Crippen molar-refractivity contribution in [3.8, 4) is 11.2 Å². The van der Waals surface area contributed by atoms with E-state index in [0.717, 1.165) is 24.0 Å². The van der Waals surface area contributed by atoms with Gasteiger partial charge in [0.15, 0.2) is 0 Å². The normalized spacial score (nSPS) is 13.2. The van der Waals surface area contributed by atoms with Crippen molar-refractivity contribution < 1.29 is 5.11 Å². The molecule has 1 aromatic carbocycles. The monoisotopic (exact) mass is 459 g/mol. The number of unbranched alkanes of at least 4 members (excludes halogenated alkanes) is 10. The molecule has 0 aliphatic rings. The summed E-state index contributed by atoms with van der Waals surface area (Å²) in [4.78, 5) is 0. The highest BCUT2D eigenvalue weighted by Gasteiger charge is 2.28. The lowest BCUT2D eigenvalue weighted by molar-refractivity contribution is 0.422. The number of aromatic hydroxyl groups is 1. The van der Waals surface area contributed by atoms with Gasteiger partial charge in [0.2, 0.25) is 0 Å². The molecule has 1 N–H and O–H groups in total. The third kappa shape index (κ3) is 10.2. The molecular weight excluding hydrogens is 410 g/mol. The molecule has 3 heteroatoms. The summed E-state index contributed by atoms with van der Waals surface area (Å²) in [5.41, 5.74) is 2.89. The molecule has 32 heavy (non-hydrogen) atoms. The van der Waals surface area contributed by atoms with Crippen LogP contribution in [-0.2, 0) is 10.8 Å².